The Labute approximate surface area is 173 Å². The smallest absolute Gasteiger partial charge is 0.294 e. The van der Waals surface area contributed by atoms with Gasteiger partial charge in [0.05, 0.1) is 30.3 Å². The van der Waals surface area contributed by atoms with E-state index in [0.29, 0.717) is 0 Å². The molecule has 0 spiro atoms. The lowest BCUT2D eigenvalue weighted by molar-refractivity contribution is -0.384. The second-order valence-electron chi connectivity index (χ2n) is 6.48. The summed E-state index contributed by atoms with van der Waals surface area (Å²) in [6.07, 6.45) is 2.37. The number of halogens is 1. The predicted octanol–water partition coefficient (Wildman–Crippen LogP) is 2.52. The molecule has 156 valence electrons. The number of carbonyl (C=O) groups excluding carboxylic acids is 1. The van der Waals surface area contributed by atoms with E-state index in [9.17, 15) is 24.1 Å². The number of methoxy groups -OCH3 is 1. The Morgan fingerprint density at radius 1 is 1.26 bits per heavy atom. The van der Waals surface area contributed by atoms with Crippen molar-refractivity contribution in [1.82, 2.24) is 19.3 Å². The normalized spacial score (nSPS) is 10.9. The molecule has 0 unspecified atom stereocenters. The first-order valence-electron chi connectivity index (χ1n) is 8.94. The maximum absolute atomic E-state index is 13.6. The average molecular weight is 423 g/mol. The molecule has 0 amide bonds. The van der Waals surface area contributed by atoms with Gasteiger partial charge in [0.15, 0.2) is 11.4 Å². The lowest BCUT2D eigenvalue weighted by Crippen LogP contribution is -2.25. The third-order valence-corrected chi connectivity index (χ3v) is 4.64. The molecule has 0 aliphatic heterocycles. The van der Waals surface area contributed by atoms with Crippen LogP contribution < -0.4 is 10.3 Å². The quantitative estimate of drug-likeness (QED) is 0.265. The lowest BCUT2D eigenvalue weighted by Gasteiger charge is -2.09. The highest BCUT2D eigenvalue weighted by molar-refractivity contribution is 5.98. The molecular weight excluding hydrogens is 409 g/mol. The molecule has 0 fully saturated rings. The second kappa shape index (κ2) is 7.78. The fourth-order valence-electron chi connectivity index (χ4n) is 3.17. The van der Waals surface area contributed by atoms with E-state index >= 15 is 0 Å². The van der Waals surface area contributed by atoms with Gasteiger partial charge in [0.25, 0.3) is 11.2 Å². The molecule has 4 aromatic rings. The van der Waals surface area contributed by atoms with Crippen LogP contribution in [0, 0.1) is 15.9 Å². The van der Waals surface area contributed by atoms with Gasteiger partial charge in [-0.3, -0.25) is 24.3 Å². The minimum atomic E-state index is -0.615. The Kier molecular flexibility index (Phi) is 4.99. The SMILES string of the molecule is COc1ccc(F)cc1C(=O)Cn1cnc2c(cnn2-c2ccccc2[N+](=O)[O-])c1=O. The maximum atomic E-state index is 13.6. The summed E-state index contributed by atoms with van der Waals surface area (Å²) in [6, 6.07) is 9.43. The number of fused-ring (bicyclic) bond motifs is 1. The van der Waals surface area contributed by atoms with Gasteiger partial charge in [0, 0.05) is 6.07 Å². The molecule has 2 heterocycles. The van der Waals surface area contributed by atoms with Gasteiger partial charge >= 0.3 is 0 Å². The fraction of sp³-hybridized carbons (Fsp3) is 0.100. The van der Waals surface area contributed by atoms with E-state index in [-0.39, 0.29) is 33.7 Å². The lowest BCUT2D eigenvalue weighted by atomic mass is 10.1. The van der Waals surface area contributed by atoms with Gasteiger partial charge in [0.1, 0.15) is 29.0 Å². The molecule has 31 heavy (non-hydrogen) atoms. The molecule has 0 atom stereocenters. The minimum Gasteiger partial charge on any atom is -0.496 e. The maximum Gasteiger partial charge on any atom is 0.294 e. The van der Waals surface area contributed by atoms with Crippen LogP contribution in [0.5, 0.6) is 5.75 Å². The van der Waals surface area contributed by atoms with Gasteiger partial charge in [-0.05, 0) is 24.3 Å². The Bertz CT molecular complexity index is 1390. The number of para-hydroxylation sites is 2. The molecule has 0 aliphatic carbocycles. The fourth-order valence-corrected chi connectivity index (χ4v) is 3.17. The summed E-state index contributed by atoms with van der Waals surface area (Å²) in [5, 5.41) is 15.4. The van der Waals surface area contributed by atoms with Gasteiger partial charge < -0.3 is 4.74 Å². The Balaban J connectivity index is 1.74. The van der Waals surface area contributed by atoms with E-state index in [1.54, 1.807) is 6.07 Å². The Hall–Kier alpha value is -4.41. The predicted molar refractivity (Wildman–Crippen MR) is 107 cm³/mol. The van der Waals surface area contributed by atoms with Crippen molar-refractivity contribution in [3.63, 3.8) is 0 Å². The number of carbonyl (C=O) groups is 1. The number of rotatable bonds is 6. The van der Waals surface area contributed by atoms with Crippen molar-refractivity contribution in [2.45, 2.75) is 6.54 Å². The first-order valence-corrected chi connectivity index (χ1v) is 8.94. The molecule has 0 aliphatic rings. The van der Waals surface area contributed by atoms with Gasteiger partial charge in [-0.2, -0.15) is 5.10 Å². The number of aromatic nitrogens is 4. The molecule has 0 radical (unpaired) electrons. The number of nitro groups is 1. The zero-order valence-electron chi connectivity index (χ0n) is 16.1. The zero-order valence-corrected chi connectivity index (χ0v) is 16.1. The molecule has 2 aromatic carbocycles. The van der Waals surface area contributed by atoms with Crippen molar-refractivity contribution in [1.29, 1.82) is 0 Å². The van der Waals surface area contributed by atoms with E-state index < -0.39 is 28.6 Å². The summed E-state index contributed by atoms with van der Waals surface area (Å²) in [4.78, 5) is 40.4. The Morgan fingerprint density at radius 2 is 2.03 bits per heavy atom. The van der Waals surface area contributed by atoms with Crippen LogP contribution in [0.3, 0.4) is 0 Å². The summed E-state index contributed by atoms with van der Waals surface area (Å²) in [5.41, 5.74) is -0.533. The van der Waals surface area contributed by atoms with Crippen molar-refractivity contribution >= 4 is 22.5 Å². The van der Waals surface area contributed by atoms with Gasteiger partial charge in [0.2, 0.25) is 0 Å². The van der Waals surface area contributed by atoms with Gasteiger partial charge in [-0.15, -0.1) is 0 Å². The number of ether oxygens (including phenoxy) is 1. The molecule has 0 N–H and O–H groups in total. The Morgan fingerprint density at radius 3 is 2.77 bits per heavy atom. The largest absolute Gasteiger partial charge is 0.496 e. The molecule has 0 saturated carbocycles. The van der Waals surface area contributed by atoms with Gasteiger partial charge in [-0.1, -0.05) is 12.1 Å². The van der Waals surface area contributed by atoms with Crippen LogP contribution >= 0.6 is 0 Å². The molecule has 0 bridgehead atoms. The summed E-state index contributed by atoms with van der Waals surface area (Å²) in [6.45, 7) is -0.405. The number of nitrogens with zero attached hydrogens (tertiary/aromatic N) is 5. The topological polar surface area (TPSA) is 122 Å². The highest BCUT2D eigenvalue weighted by Gasteiger charge is 2.20. The second-order valence-corrected chi connectivity index (χ2v) is 6.48. The van der Waals surface area contributed by atoms with Crippen LogP contribution in [-0.2, 0) is 6.54 Å². The van der Waals surface area contributed by atoms with Crippen LogP contribution in [0.4, 0.5) is 10.1 Å². The molecular formula is C20H14FN5O5. The van der Waals surface area contributed by atoms with Crippen molar-refractivity contribution in [3.05, 3.63) is 86.8 Å². The van der Waals surface area contributed by atoms with Gasteiger partial charge in [-0.25, -0.2) is 14.1 Å². The zero-order chi connectivity index (χ0) is 22.1. The number of nitro benzene ring substituents is 1. The monoisotopic (exact) mass is 423 g/mol. The molecule has 11 heteroatoms. The third kappa shape index (κ3) is 3.52. The van der Waals surface area contributed by atoms with E-state index in [1.807, 2.05) is 0 Å². The highest BCUT2D eigenvalue weighted by Crippen LogP contribution is 2.24. The van der Waals surface area contributed by atoms with E-state index in [2.05, 4.69) is 10.1 Å². The summed E-state index contributed by atoms with van der Waals surface area (Å²) in [5.74, 6) is -0.987. The summed E-state index contributed by atoms with van der Waals surface area (Å²) >= 11 is 0. The number of ketones is 1. The van der Waals surface area contributed by atoms with Crippen LogP contribution in [0.25, 0.3) is 16.7 Å². The van der Waals surface area contributed by atoms with Crippen LogP contribution in [0.2, 0.25) is 0 Å². The molecule has 0 saturated heterocycles. The van der Waals surface area contributed by atoms with Crippen molar-refractivity contribution < 1.29 is 18.8 Å². The van der Waals surface area contributed by atoms with E-state index in [4.69, 9.17) is 4.74 Å². The number of benzene rings is 2. The first kappa shape index (κ1) is 19.9. The highest BCUT2D eigenvalue weighted by atomic mass is 19.1. The third-order valence-electron chi connectivity index (χ3n) is 4.64. The van der Waals surface area contributed by atoms with Crippen molar-refractivity contribution in [2.24, 2.45) is 0 Å². The first-order chi connectivity index (χ1) is 14.9. The molecule has 10 nitrogen and oxygen atoms in total. The van der Waals surface area contributed by atoms with Crippen molar-refractivity contribution in [2.75, 3.05) is 7.11 Å². The van der Waals surface area contributed by atoms with E-state index in [1.165, 1.54) is 42.3 Å². The number of hydrogen-bond donors (Lipinski definition) is 0. The molecule has 4 rings (SSSR count). The van der Waals surface area contributed by atoms with E-state index in [0.717, 1.165) is 23.0 Å². The van der Waals surface area contributed by atoms with Crippen molar-refractivity contribution in [3.8, 4) is 11.4 Å². The summed E-state index contributed by atoms with van der Waals surface area (Å²) in [7, 11) is 1.35. The van der Waals surface area contributed by atoms with Crippen LogP contribution in [0.1, 0.15) is 10.4 Å². The van der Waals surface area contributed by atoms with Crippen LogP contribution in [-0.4, -0.2) is 37.1 Å². The van der Waals surface area contributed by atoms with Crippen LogP contribution in [0.15, 0.2) is 59.8 Å². The molecule has 2 aromatic heterocycles. The number of Topliss-reactive ketones (excluding diaryl/α,β-unsaturated/α-hetero) is 1. The minimum absolute atomic E-state index is 0.00916. The standard InChI is InChI=1S/C20H14FN5O5/c1-31-18-7-6-12(21)8-13(18)17(27)10-24-11-22-19-14(20(24)28)9-23-25(19)15-4-2-3-5-16(15)26(29)30/h2-9,11H,10H2,1H3. The summed E-state index contributed by atoms with van der Waals surface area (Å²) < 4.78 is 20.9. The number of hydrogen-bond acceptors (Lipinski definition) is 7. The average Bonchev–Trinajstić information content (AvgIpc) is 3.20.